The van der Waals surface area contributed by atoms with E-state index in [1.165, 1.54) is 12.1 Å². The molecule has 1 aromatic carbocycles. The number of rotatable bonds is 5. The molecule has 1 aromatic rings. The van der Waals surface area contributed by atoms with E-state index in [-0.39, 0.29) is 23.6 Å². The molecule has 0 aromatic heterocycles. The molecule has 2 rings (SSSR count). The zero-order valence-electron chi connectivity index (χ0n) is 12.7. The molecule has 0 spiro atoms. The van der Waals surface area contributed by atoms with Gasteiger partial charge in [0.15, 0.2) is 0 Å². The first-order valence-corrected chi connectivity index (χ1v) is 7.71. The van der Waals surface area contributed by atoms with Gasteiger partial charge >= 0.3 is 6.36 Å². The van der Waals surface area contributed by atoms with Crippen LogP contribution < -0.4 is 15.8 Å². The Morgan fingerprint density at radius 2 is 1.96 bits per heavy atom. The average molecular weight is 330 g/mol. The third kappa shape index (κ3) is 6.09. The van der Waals surface area contributed by atoms with E-state index < -0.39 is 6.36 Å². The lowest BCUT2D eigenvalue weighted by atomic mass is 9.85. The maximum atomic E-state index is 12.1. The summed E-state index contributed by atoms with van der Waals surface area (Å²) in [4.78, 5) is 12.0. The number of hydrogen-bond donors (Lipinski definition) is 2. The second-order valence-corrected chi connectivity index (χ2v) is 5.86. The number of halogens is 3. The van der Waals surface area contributed by atoms with Crippen LogP contribution in [0.3, 0.4) is 0 Å². The Labute approximate surface area is 133 Å². The van der Waals surface area contributed by atoms with Gasteiger partial charge in [-0.2, -0.15) is 0 Å². The second kappa shape index (κ2) is 7.68. The van der Waals surface area contributed by atoms with Gasteiger partial charge in [-0.25, -0.2) is 0 Å². The molecule has 128 valence electrons. The van der Waals surface area contributed by atoms with Gasteiger partial charge in [-0.3, -0.25) is 4.79 Å². The minimum Gasteiger partial charge on any atom is -0.406 e. The zero-order chi connectivity index (χ0) is 16.9. The average Bonchev–Trinajstić information content (AvgIpc) is 2.47. The molecule has 0 radical (unpaired) electrons. The highest BCUT2D eigenvalue weighted by atomic mass is 19.4. The Bertz CT molecular complexity index is 517. The summed E-state index contributed by atoms with van der Waals surface area (Å²) in [6.45, 7) is 0.448. The summed E-state index contributed by atoms with van der Waals surface area (Å²) < 4.78 is 40.0. The van der Waals surface area contributed by atoms with Crippen molar-refractivity contribution in [2.75, 3.05) is 6.54 Å². The lowest BCUT2D eigenvalue weighted by Gasteiger charge is -2.25. The van der Waals surface area contributed by atoms with Crippen molar-refractivity contribution in [1.29, 1.82) is 0 Å². The van der Waals surface area contributed by atoms with Crippen LogP contribution in [0.2, 0.25) is 0 Å². The highest BCUT2D eigenvalue weighted by Gasteiger charge is 2.31. The number of nitrogens with one attached hydrogen (secondary N) is 1. The molecule has 2 unspecified atom stereocenters. The normalized spacial score (nSPS) is 21.7. The molecule has 4 nitrogen and oxygen atoms in total. The topological polar surface area (TPSA) is 64.4 Å². The monoisotopic (exact) mass is 330 g/mol. The lowest BCUT2D eigenvalue weighted by Crippen LogP contribution is -2.38. The van der Waals surface area contributed by atoms with Crippen LogP contribution in [0.1, 0.15) is 31.2 Å². The predicted octanol–water partition coefficient (Wildman–Crippen LogP) is 2.76. The Balaban J connectivity index is 1.74. The van der Waals surface area contributed by atoms with Gasteiger partial charge in [-0.15, -0.1) is 13.2 Å². The first-order valence-electron chi connectivity index (χ1n) is 7.71. The molecule has 1 fully saturated rings. The summed E-state index contributed by atoms with van der Waals surface area (Å²) in [5.74, 6) is -0.264. The molecule has 1 saturated carbocycles. The third-order valence-corrected chi connectivity index (χ3v) is 3.96. The number of amides is 1. The minimum atomic E-state index is -4.68. The van der Waals surface area contributed by atoms with Crippen molar-refractivity contribution in [3.8, 4) is 5.75 Å². The summed E-state index contributed by atoms with van der Waals surface area (Å²) in [6, 6.07) is 5.75. The molecule has 1 aliphatic carbocycles. The smallest absolute Gasteiger partial charge is 0.406 e. The van der Waals surface area contributed by atoms with Crippen molar-refractivity contribution in [2.45, 2.75) is 44.5 Å². The molecular weight excluding hydrogens is 309 g/mol. The Hall–Kier alpha value is -1.76. The van der Waals surface area contributed by atoms with Gasteiger partial charge in [-0.05, 0) is 43.4 Å². The lowest BCUT2D eigenvalue weighted by molar-refractivity contribution is -0.274. The van der Waals surface area contributed by atoms with Crippen molar-refractivity contribution in [2.24, 2.45) is 11.7 Å². The summed E-state index contributed by atoms with van der Waals surface area (Å²) in [5.41, 5.74) is 6.70. The standard InChI is InChI=1S/C16H21F3N2O2/c17-16(18,19)23-14-6-4-11(5-7-14)8-9-21-15(22)12-2-1-3-13(20)10-12/h4-7,12-13H,1-3,8-10,20H2,(H,21,22). The zero-order valence-corrected chi connectivity index (χ0v) is 12.7. The molecule has 2 atom stereocenters. The number of hydrogen-bond acceptors (Lipinski definition) is 3. The fourth-order valence-electron chi connectivity index (χ4n) is 2.80. The molecular formula is C16H21F3N2O2. The first kappa shape index (κ1) is 17.6. The Morgan fingerprint density at radius 3 is 2.57 bits per heavy atom. The molecule has 0 bridgehead atoms. The van der Waals surface area contributed by atoms with E-state index in [0.29, 0.717) is 13.0 Å². The molecule has 7 heteroatoms. The highest BCUT2D eigenvalue weighted by Crippen LogP contribution is 2.24. The summed E-state index contributed by atoms with van der Waals surface area (Å²) >= 11 is 0. The fourth-order valence-corrected chi connectivity index (χ4v) is 2.80. The molecule has 23 heavy (non-hydrogen) atoms. The van der Waals surface area contributed by atoms with Crippen molar-refractivity contribution in [3.63, 3.8) is 0 Å². The summed E-state index contributed by atoms with van der Waals surface area (Å²) in [6.07, 6.45) is -0.610. The number of nitrogens with two attached hydrogens (primary N) is 1. The number of alkyl halides is 3. The molecule has 0 heterocycles. The van der Waals surface area contributed by atoms with E-state index >= 15 is 0 Å². The van der Waals surface area contributed by atoms with E-state index in [4.69, 9.17) is 5.73 Å². The SMILES string of the molecule is NC1CCCC(C(=O)NCCc2ccc(OC(F)(F)F)cc2)C1. The van der Waals surface area contributed by atoms with Crippen molar-refractivity contribution < 1.29 is 22.7 Å². The van der Waals surface area contributed by atoms with Gasteiger partial charge < -0.3 is 15.8 Å². The Morgan fingerprint density at radius 1 is 1.26 bits per heavy atom. The largest absolute Gasteiger partial charge is 0.573 e. The number of carbonyl (C=O) groups excluding carboxylic acids is 1. The van der Waals surface area contributed by atoms with E-state index in [9.17, 15) is 18.0 Å². The van der Waals surface area contributed by atoms with Crippen molar-refractivity contribution >= 4 is 5.91 Å². The molecule has 3 N–H and O–H groups in total. The number of ether oxygens (including phenoxy) is 1. The van der Waals surface area contributed by atoms with Crippen molar-refractivity contribution in [1.82, 2.24) is 5.32 Å². The molecule has 1 aliphatic rings. The second-order valence-electron chi connectivity index (χ2n) is 5.86. The van der Waals surface area contributed by atoms with Gasteiger partial charge in [0.2, 0.25) is 5.91 Å². The third-order valence-electron chi connectivity index (χ3n) is 3.96. The predicted molar refractivity (Wildman–Crippen MR) is 79.8 cm³/mol. The summed E-state index contributed by atoms with van der Waals surface area (Å²) in [7, 11) is 0. The van der Waals surface area contributed by atoms with Gasteiger partial charge in [0, 0.05) is 18.5 Å². The van der Waals surface area contributed by atoms with E-state index in [2.05, 4.69) is 10.1 Å². The first-order chi connectivity index (χ1) is 10.8. The van der Waals surface area contributed by atoms with E-state index in [0.717, 1.165) is 31.2 Å². The van der Waals surface area contributed by atoms with Crippen molar-refractivity contribution in [3.05, 3.63) is 29.8 Å². The highest BCUT2D eigenvalue weighted by molar-refractivity contribution is 5.78. The maximum Gasteiger partial charge on any atom is 0.573 e. The van der Waals surface area contributed by atoms with E-state index in [1.807, 2.05) is 0 Å². The number of carbonyl (C=O) groups is 1. The summed E-state index contributed by atoms with van der Waals surface area (Å²) in [5, 5.41) is 2.87. The Kier molecular flexibility index (Phi) is 5.87. The number of benzene rings is 1. The van der Waals surface area contributed by atoms with Crippen LogP contribution in [0.15, 0.2) is 24.3 Å². The van der Waals surface area contributed by atoms with Crippen LogP contribution in [0, 0.1) is 5.92 Å². The minimum absolute atomic E-state index is 0.0113. The van der Waals surface area contributed by atoms with Crippen LogP contribution in [0.4, 0.5) is 13.2 Å². The fraction of sp³-hybridized carbons (Fsp3) is 0.562. The van der Waals surface area contributed by atoms with Crippen LogP contribution in [0.5, 0.6) is 5.75 Å². The van der Waals surface area contributed by atoms with Gasteiger partial charge in [0.25, 0.3) is 0 Å². The quantitative estimate of drug-likeness (QED) is 0.872. The molecule has 1 amide bonds. The van der Waals surface area contributed by atoms with Crippen LogP contribution >= 0.6 is 0 Å². The van der Waals surface area contributed by atoms with Crippen LogP contribution in [0.25, 0.3) is 0 Å². The van der Waals surface area contributed by atoms with Crippen LogP contribution in [-0.2, 0) is 11.2 Å². The molecule has 0 aliphatic heterocycles. The molecule has 0 saturated heterocycles. The van der Waals surface area contributed by atoms with Gasteiger partial charge in [0.1, 0.15) is 5.75 Å². The van der Waals surface area contributed by atoms with E-state index in [1.54, 1.807) is 12.1 Å². The van der Waals surface area contributed by atoms with Gasteiger partial charge in [-0.1, -0.05) is 18.6 Å². The maximum absolute atomic E-state index is 12.1. The van der Waals surface area contributed by atoms with Gasteiger partial charge in [0.05, 0.1) is 0 Å². The van der Waals surface area contributed by atoms with Crippen LogP contribution in [-0.4, -0.2) is 24.9 Å².